The van der Waals surface area contributed by atoms with Gasteiger partial charge in [-0.2, -0.15) is 0 Å². The number of ether oxygens (including phenoxy) is 1. The fraction of sp³-hybridized carbons (Fsp3) is 0.588. The zero-order chi connectivity index (χ0) is 17.3. The second-order valence-corrected chi connectivity index (χ2v) is 9.00. The standard InChI is InChI=1S/C17H24N2O4S/c1-12-9-19(10-13(2)23-12)16-6-4-3-5-15(16)18-17(20)14-7-8-24(21,22)11-14/h3-6,12-14H,7-11H2,1-2H3,(H,18,20)/t12-,13-,14+/m1/s1. The molecule has 2 saturated heterocycles. The first-order valence-electron chi connectivity index (χ1n) is 8.35. The van der Waals surface area contributed by atoms with Crippen LogP contribution in [0.5, 0.6) is 0 Å². The summed E-state index contributed by atoms with van der Waals surface area (Å²) in [7, 11) is -3.07. The van der Waals surface area contributed by atoms with E-state index < -0.39 is 15.8 Å². The van der Waals surface area contributed by atoms with Crippen molar-refractivity contribution in [2.75, 3.05) is 34.8 Å². The van der Waals surface area contributed by atoms with Crippen LogP contribution >= 0.6 is 0 Å². The molecule has 3 rings (SSSR count). The van der Waals surface area contributed by atoms with E-state index >= 15 is 0 Å². The van der Waals surface area contributed by atoms with E-state index in [-0.39, 0.29) is 29.6 Å². The molecule has 0 spiro atoms. The number of anilines is 2. The third kappa shape index (κ3) is 3.89. The van der Waals surface area contributed by atoms with Crippen LogP contribution in [0.15, 0.2) is 24.3 Å². The average Bonchev–Trinajstić information content (AvgIpc) is 2.87. The molecular weight excluding hydrogens is 328 g/mol. The van der Waals surface area contributed by atoms with Crippen LogP contribution in [0.4, 0.5) is 11.4 Å². The summed E-state index contributed by atoms with van der Waals surface area (Å²) in [6.07, 6.45) is 0.650. The monoisotopic (exact) mass is 352 g/mol. The summed E-state index contributed by atoms with van der Waals surface area (Å²) in [6.45, 7) is 5.59. The number of carbonyl (C=O) groups excluding carboxylic acids is 1. The van der Waals surface area contributed by atoms with E-state index in [4.69, 9.17) is 4.74 Å². The van der Waals surface area contributed by atoms with Gasteiger partial charge in [0.1, 0.15) is 0 Å². The van der Waals surface area contributed by atoms with Crippen molar-refractivity contribution in [1.29, 1.82) is 0 Å². The van der Waals surface area contributed by atoms with Gasteiger partial charge >= 0.3 is 0 Å². The maximum absolute atomic E-state index is 12.4. The third-order valence-corrected chi connectivity index (χ3v) is 6.29. The van der Waals surface area contributed by atoms with E-state index in [2.05, 4.69) is 10.2 Å². The molecule has 0 unspecified atom stereocenters. The summed E-state index contributed by atoms with van der Waals surface area (Å²) in [5.74, 6) is -0.610. The topological polar surface area (TPSA) is 75.7 Å². The van der Waals surface area contributed by atoms with Crippen LogP contribution in [0.25, 0.3) is 0 Å². The first kappa shape index (κ1) is 17.2. The highest BCUT2D eigenvalue weighted by molar-refractivity contribution is 7.91. The van der Waals surface area contributed by atoms with Crippen molar-refractivity contribution in [2.24, 2.45) is 5.92 Å². The molecule has 3 atom stereocenters. The lowest BCUT2D eigenvalue weighted by Gasteiger charge is -2.37. The Morgan fingerprint density at radius 2 is 1.88 bits per heavy atom. The van der Waals surface area contributed by atoms with Gasteiger partial charge in [-0.15, -0.1) is 0 Å². The number of hydrogen-bond acceptors (Lipinski definition) is 5. The first-order chi connectivity index (χ1) is 11.3. The van der Waals surface area contributed by atoms with E-state index in [9.17, 15) is 13.2 Å². The van der Waals surface area contributed by atoms with Crippen molar-refractivity contribution in [3.8, 4) is 0 Å². The minimum absolute atomic E-state index is 0.0490. The van der Waals surface area contributed by atoms with Crippen LogP contribution in [0.1, 0.15) is 20.3 Å². The number of rotatable bonds is 3. The quantitative estimate of drug-likeness (QED) is 0.896. The zero-order valence-electron chi connectivity index (χ0n) is 14.1. The first-order valence-corrected chi connectivity index (χ1v) is 10.2. The van der Waals surface area contributed by atoms with Crippen molar-refractivity contribution in [3.05, 3.63) is 24.3 Å². The second-order valence-electron chi connectivity index (χ2n) is 6.77. The molecule has 0 aliphatic carbocycles. The van der Waals surface area contributed by atoms with Crippen molar-refractivity contribution in [2.45, 2.75) is 32.5 Å². The van der Waals surface area contributed by atoms with Crippen LogP contribution < -0.4 is 10.2 Å². The number of sulfone groups is 1. The minimum Gasteiger partial charge on any atom is -0.372 e. The molecule has 24 heavy (non-hydrogen) atoms. The molecule has 7 heteroatoms. The van der Waals surface area contributed by atoms with Gasteiger partial charge in [0.15, 0.2) is 9.84 Å². The van der Waals surface area contributed by atoms with Gasteiger partial charge in [-0.05, 0) is 32.4 Å². The van der Waals surface area contributed by atoms with Crippen LogP contribution in [0.2, 0.25) is 0 Å². The molecule has 1 amide bonds. The summed E-state index contributed by atoms with van der Waals surface area (Å²) in [6, 6.07) is 7.65. The molecule has 0 saturated carbocycles. The van der Waals surface area contributed by atoms with E-state index in [1.807, 2.05) is 38.1 Å². The summed E-state index contributed by atoms with van der Waals surface area (Å²) in [5.41, 5.74) is 1.68. The molecule has 0 radical (unpaired) electrons. The van der Waals surface area contributed by atoms with Gasteiger partial charge in [0.05, 0.1) is 41.0 Å². The molecule has 0 aromatic heterocycles. The smallest absolute Gasteiger partial charge is 0.228 e. The number of para-hydroxylation sites is 2. The Balaban J connectivity index is 1.76. The lowest BCUT2D eigenvalue weighted by molar-refractivity contribution is -0.119. The Kier molecular flexibility index (Phi) is 4.83. The van der Waals surface area contributed by atoms with E-state index in [0.717, 1.165) is 24.5 Å². The highest BCUT2D eigenvalue weighted by Crippen LogP contribution is 2.30. The summed E-state index contributed by atoms with van der Waals surface area (Å²) in [5, 5.41) is 2.93. The van der Waals surface area contributed by atoms with Gasteiger partial charge in [-0.1, -0.05) is 12.1 Å². The number of nitrogens with one attached hydrogen (secondary N) is 1. The lowest BCUT2D eigenvalue weighted by atomic mass is 10.1. The van der Waals surface area contributed by atoms with Gasteiger partial charge in [0.25, 0.3) is 0 Å². The van der Waals surface area contributed by atoms with Crippen molar-refractivity contribution in [1.82, 2.24) is 0 Å². The summed E-state index contributed by atoms with van der Waals surface area (Å²) >= 11 is 0. The van der Waals surface area contributed by atoms with E-state index in [0.29, 0.717) is 6.42 Å². The Labute approximate surface area is 143 Å². The highest BCUT2D eigenvalue weighted by Gasteiger charge is 2.33. The van der Waals surface area contributed by atoms with Crippen LogP contribution in [-0.4, -0.2) is 51.1 Å². The van der Waals surface area contributed by atoms with Gasteiger partial charge in [0, 0.05) is 13.1 Å². The molecule has 2 fully saturated rings. The molecule has 1 aromatic carbocycles. The second kappa shape index (κ2) is 6.72. The lowest BCUT2D eigenvalue weighted by Crippen LogP contribution is -2.45. The highest BCUT2D eigenvalue weighted by atomic mass is 32.2. The number of hydrogen-bond donors (Lipinski definition) is 1. The van der Waals surface area contributed by atoms with Crippen molar-refractivity contribution < 1.29 is 17.9 Å². The van der Waals surface area contributed by atoms with Gasteiger partial charge < -0.3 is 15.0 Å². The molecule has 2 aliphatic heterocycles. The molecule has 132 valence electrons. The molecule has 1 N–H and O–H groups in total. The van der Waals surface area contributed by atoms with E-state index in [1.54, 1.807) is 0 Å². The molecule has 2 aliphatic rings. The minimum atomic E-state index is -3.07. The molecule has 1 aromatic rings. The summed E-state index contributed by atoms with van der Waals surface area (Å²) in [4.78, 5) is 14.7. The van der Waals surface area contributed by atoms with Crippen LogP contribution in [0.3, 0.4) is 0 Å². The zero-order valence-corrected chi connectivity index (χ0v) is 14.9. The van der Waals surface area contributed by atoms with Gasteiger partial charge in [-0.3, -0.25) is 4.79 Å². The van der Waals surface area contributed by atoms with Gasteiger partial charge in [0.2, 0.25) is 5.91 Å². The average molecular weight is 352 g/mol. The van der Waals surface area contributed by atoms with E-state index in [1.165, 1.54) is 0 Å². The fourth-order valence-corrected chi connectivity index (χ4v) is 5.21. The Morgan fingerprint density at radius 3 is 2.50 bits per heavy atom. The largest absolute Gasteiger partial charge is 0.372 e. The summed E-state index contributed by atoms with van der Waals surface area (Å²) < 4.78 is 28.9. The van der Waals surface area contributed by atoms with Crippen molar-refractivity contribution in [3.63, 3.8) is 0 Å². The predicted molar refractivity (Wildman–Crippen MR) is 94.1 cm³/mol. The maximum atomic E-state index is 12.4. The SMILES string of the molecule is C[C@@H]1CN(c2ccccc2NC(=O)[C@H]2CCS(=O)(=O)C2)C[C@@H](C)O1. The third-order valence-electron chi connectivity index (χ3n) is 4.53. The number of amides is 1. The predicted octanol–water partition coefficient (Wildman–Crippen LogP) is 1.67. The van der Waals surface area contributed by atoms with Crippen LogP contribution in [-0.2, 0) is 19.4 Å². The molecule has 2 heterocycles. The molecule has 0 bridgehead atoms. The number of benzene rings is 1. The molecular formula is C17H24N2O4S. The fourth-order valence-electron chi connectivity index (χ4n) is 3.47. The maximum Gasteiger partial charge on any atom is 0.228 e. The molecule has 6 nitrogen and oxygen atoms in total. The Hall–Kier alpha value is -1.60. The van der Waals surface area contributed by atoms with Crippen LogP contribution in [0, 0.1) is 5.92 Å². The Bertz CT molecular complexity index is 709. The number of carbonyl (C=O) groups is 1. The van der Waals surface area contributed by atoms with Crippen molar-refractivity contribution >= 4 is 27.1 Å². The van der Waals surface area contributed by atoms with Gasteiger partial charge in [-0.25, -0.2) is 8.42 Å². The number of nitrogens with zero attached hydrogens (tertiary/aromatic N) is 1. The number of morpholine rings is 1. The Morgan fingerprint density at radius 1 is 1.21 bits per heavy atom. The normalized spacial score (nSPS) is 29.4.